The highest BCUT2D eigenvalue weighted by atomic mass is 16.2. The Balaban J connectivity index is 1.37. The van der Waals surface area contributed by atoms with E-state index >= 15 is 0 Å². The van der Waals surface area contributed by atoms with E-state index < -0.39 is 0 Å². The number of rotatable bonds is 5. The number of carbonyl (C=O) groups excluding carboxylic acids is 1. The molecule has 2 aromatic carbocycles. The number of nitrogens with one attached hydrogen (secondary N) is 2. The number of nitrogen functional groups attached to an aromatic ring is 1. The Morgan fingerprint density at radius 1 is 0.949 bits per heavy atom. The molecule has 5 aromatic rings. The van der Waals surface area contributed by atoms with Gasteiger partial charge in [0.1, 0.15) is 17.3 Å². The Labute approximate surface area is 228 Å². The van der Waals surface area contributed by atoms with Crippen LogP contribution in [0.15, 0.2) is 66.9 Å². The van der Waals surface area contributed by atoms with Gasteiger partial charge in [-0.25, -0.2) is 14.5 Å². The second kappa shape index (κ2) is 9.90. The summed E-state index contributed by atoms with van der Waals surface area (Å²) in [5.41, 5.74) is 12.1. The van der Waals surface area contributed by atoms with Crippen LogP contribution in [-0.4, -0.2) is 30.6 Å². The lowest BCUT2D eigenvalue weighted by atomic mass is 9.92. The van der Waals surface area contributed by atoms with Crippen molar-refractivity contribution in [2.24, 2.45) is 7.05 Å². The monoisotopic (exact) mass is 522 g/mol. The zero-order valence-corrected chi connectivity index (χ0v) is 23.1. The maximum absolute atomic E-state index is 13.0. The SMILES string of the molecule is CC(C)c1ccc(-n2nc(C(C)(C)C)cc2NC(=O)Nc2ccc(-c3nn(C)c4ccnc(N)c34)cc2)cc1. The molecule has 3 heterocycles. The Bertz CT molecular complexity index is 1640. The number of benzene rings is 2. The van der Waals surface area contributed by atoms with Gasteiger partial charge in [-0.3, -0.25) is 10.00 Å². The lowest BCUT2D eigenvalue weighted by Gasteiger charge is -2.14. The van der Waals surface area contributed by atoms with Crippen molar-refractivity contribution in [2.75, 3.05) is 16.4 Å². The summed E-state index contributed by atoms with van der Waals surface area (Å²) in [5.74, 6) is 1.46. The van der Waals surface area contributed by atoms with E-state index in [9.17, 15) is 4.79 Å². The van der Waals surface area contributed by atoms with Gasteiger partial charge >= 0.3 is 6.03 Å². The Morgan fingerprint density at radius 3 is 2.28 bits per heavy atom. The number of aromatic nitrogens is 5. The average Bonchev–Trinajstić information content (AvgIpc) is 3.47. The lowest BCUT2D eigenvalue weighted by molar-refractivity contribution is 0.262. The van der Waals surface area contributed by atoms with E-state index in [0.717, 1.165) is 33.5 Å². The Morgan fingerprint density at radius 2 is 1.64 bits per heavy atom. The quantitative estimate of drug-likeness (QED) is 0.245. The topological polar surface area (TPSA) is 116 Å². The third kappa shape index (κ3) is 5.20. The molecule has 0 saturated heterocycles. The summed E-state index contributed by atoms with van der Waals surface area (Å²) in [6, 6.07) is 19.2. The van der Waals surface area contributed by atoms with Gasteiger partial charge in [0, 0.05) is 36.0 Å². The number of nitrogens with two attached hydrogens (primary N) is 1. The van der Waals surface area contributed by atoms with Crippen LogP contribution in [0, 0.1) is 0 Å². The predicted molar refractivity (Wildman–Crippen MR) is 157 cm³/mol. The summed E-state index contributed by atoms with van der Waals surface area (Å²) in [6.45, 7) is 10.6. The van der Waals surface area contributed by atoms with Crippen LogP contribution in [-0.2, 0) is 12.5 Å². The molecule has 0 atom stereocenters. The standard InChI is InChI=1S/C30H34N8O/c1-18(2)19-9-13-22(14-10-19)38-25(17-24(35-38)30(3,4)5)34-29(39)33-21-11-7-20(8-12-21)27-26-23(37(6)36-27)15-16-32-28(26)31/h7-18H,1-6H3,(H2,31,32)(H2,33,34,39). The van der Waals surface area contributed by atoms with E-state index in [0.29, 0.717) is 23.2 Å². The molecule has 0 radical (unpaired) electrons. The van der Waals surface area contributed by atoms with E-state index in [1.54, 1.807) is 15.6 Å². The summed E-state index contributed by atoms with van der Waals surface area (Å²) >= 11 is 0. The van der Waals surface area contributed by atoms with Crippen molar-refractivity contribution in [3.05, 3.63) is 78.1 Å². The molecule has 3 aromatic heterocycles. The van der Waals surface area contributed by atoms with Crippen molar-refractivity contribution in [3.63, 3.8) is 0 Å². The largest absolute Gasteiger partial charge is 0.383 e. The minimum Gasteiger partial charge on any atom is -0.383 e. The van der Waals surface area contributed by atoms with Crippen LogP contribution in [0.1, 0.15) is 51.8 Å². The number of fused-ring (bicyclic) bond motifs is 1. The van der Waals surface area contributed by atoms with Crippen molar-refractivity contribution in [1.82, 2.24) is 24.5 Å². The minimum absolute atomic E-state index is 0.180. The van der Waals surface area contributed by atoms with Crippen molar-refractivity contribution >= 4 is 34.3 Å². The van der Waals surface area contributed by atoms with Crippen LogP contribution in [0.5, 0.6) is 0 Å². The number of anilines is 3. The van der Waals surface area contributed by atoms with E-state index in [-0.39, 0.29) is 11.4 Å². The van der Waals surface area contributed by atoms with Crippen LogP contribution in [0.2, 0.25) is 0 Å². The molecular weight excluding hydrogens is 488 g/mol. The molecule has 0 unspecified atom stereocenters. The number of pyridine rings is 1. The number of hydrogen-bond donors (Lipinski definition) is 3. The van der Waals surface area contributed by atoms with Gasteiger partial charge < -0.3 is 11.1 Å². The fraction of sp³-hybridized carbons (Fsp3) is 0.267. The number of nitrogens with zero attached hydrogens (tertiary/aromatic N) is 5. The molecule has 2 amide bonds. The summed E-state index contributed by atoms with van der Waals surface area (Å²) in [4.78, 5) is 17.3. The predicted octanol–water partition coefficient (Wildman–Crippen LogP) is 6.47. The van der Waals surface area contributed by atoms with Crippen molar-refractivity contribution in [3.8, 4) is 16.9 Å². The van der Waals surface area contributed by atoms with E-state index in [4.69, 9.17) is 10.8 Å². The molecule has 39 heavy (non-hydrogen) atoms. The van der Waals surface area contributed by atoms with E-state index in [1.807, 2.05) is 55.6 Å². The highest BCUT2D eigenvalue weighted by Crippen LogP contribution is 2.31. The molecule has 5 rings (SSSR count). The van der Waals surface area contributed by atoms with Crippen molar-refractivity contribution < 1.29 is 4.79 Å². The molecule has 0 bridgehead atoms. The normalized spacial score (nSPS) is 11.8. The minimum atomic E-state index is -0.361. The zero-order chi connectivity index (χ0) is 27.9. The van der Waals surface area contributed by atoms with Crippen LogP contribution in [0.3, 0.4) is 0 Å². The van der Waals surface area contributed by atoms with Crippen LogP contribution < -0.4 is 16.4 Å². The van der Waals surface area contributed by atoms with Crippen LogP contribution in [0.25, 0.3) is 27.8 Å². The molecule has 0 aliphatic heterocycles. The van der Waals surface area contributed by atoms with Gasteiger partial charge in [-0.15, -0.1) is 0 Å². The highest BCUT2D eigenvalue weighted by Gasteiger charge is 2.22. The average molecular weight is 523 g/mol. The molecule has 9 heteroatoms. The van der Waals surface area contributed by atoms with Crippen molar-refractivity contribution in [1.29, 1.82) is 0 Å². The van der Waals surface area contributed by atoms with Crippen LogP contribution >= 0.6 is 0 Å². The molecule has 0 fully saturated rings. The number of urea groups is 1. The summed E-state index contributed by atoms with van der Waals surface area (Å²) in [5, 5.41) is 16.2. The number of carbonyl (C=O) groups is 1. The maximum atomic E-state index is 13.0. The first-order valence-corrected chi connectivity index (χ1v) is 13.0. The first-order valence-electron chi connectivity index (χ1n) is 13.0. The third-order valence-corrected chi connectivity index (χ3v) is 6.73. The first kappa shape index (κ1) is 26.0. The molecule has 0 saturated carbocycles. The Kier molecular flexibility index (Phi) is 6.59. The molecule has 4 N–H and O–H groups in total. The van der Waals surface area contributed by atoms with Gasteiger partial charge in [0.25, 0.3) is 0 Å². The molecule has 0 aliphatic carbocycles. The molecule has 0 aliphatic rings. The summed E-state index contributed by atoms with van der Waals surface area (Å²) in [6.07, 6.45) is 1.67. The van der Waals surface area contributed by atoms with Crippen molar-refractivity contribution in [2.45, 2.75) is 46.0 Å². The van der Waals surface area contributed by atoms with Gasteiger partial charge in [0.05, 0.1) is 22.3 Å². The van der Waals surface area contributed by atoms with Crippen LogP contribution in [0.4, 0.5) is 22.1 Å². The van der Waals surface area contributed by atoms with Gasteiger partial charge in [-0.2, -0.15) is 10.2 Å². The Hall–Kier alpha value is -4.66. The van der Waals surface area contributed by atoms with E-state index in [2.05, 4.69) is 67.5 Å². The number of amides is 2. The molecular formula is C30H34N8O. The van der Waals surface area contributed by atoms with Gasteiger partial charge in [-0.05, 0) is 41.8 Å². The fourth-order valence-corrected chi connectivity index (χ4v) is 4.46. The third-order valence-electron chi connectivity index (χ3n) is 6.73. The number of hydrogen-bond acceptors (Lipinski definition) is 5. The molecule has 200 valence electrons. The molecule has 0 spiro atoms. The van der Waals surface area contributed by atoms with Gasteiger partial charge in [0.15, 0.2) is 0 Å². The highest BCUT2D eigenvalue weighted by molar-refractivity contribution is 6.01. The van der Waals surface area contributed by atoms with Gasteiger partial charge in [-0.1, -0.05) is 58.9 Å². The number of aryl methyl sites for hydroxylation is 1. The maximum Gasteiger partial charge on any atom is 0.324 e. The fourth-order valence-electron chi connectivity index (χ4n) is 4.46. The second-order valence-corrected chi connectivity index (χ2v) is 11.0. The summed E-state index contributed by atoms with van der Waals surface area (Å²) < 4.78 is 3.56. The van der Waals surface area contributed by atoms with Gasteiger partial charge in [0.2, 0.25) is 0 Å². The lowest BCUT2D eigenvalue weighted by Crippen LogP contribution is -2.21. The summed E-state index contributed by atoms with van der Waals surface area (Å²) in [7, 11) is 1.87. The first-order chi connectivity index (χ1) is 18.5. The second-order valence-electron chi connectivity index (χ2n) is 11.0. The smallest absolute Gasteiger partial charge is 0.324 e. The molecule has 9 nitrogen and oxygen atoms in total. The van der Waals surface area contributed by atoms with E-state index in [1.165, 1.54) is 5.56 Å². The zero-order valence-electron chi connectivity index (χ0n) is 23.1.